The lowest BCUT2D eigenvalue weighted by molar-refractivity contribution is 0.283. The van der Waals surface area contributed by atoms with Crippen LogP contribution in [0.1, 0.15) is 79.2 Å². The molecule has 0 aliphatic heterocycles. The van der Waals surface area contributed by atoms with Gasteiger partial charge in [-0.2, -0.15) is 0 Å². The maximum Gasteiger partial charge on any atom is 0.119 e. The molecule has 0 aliphatic carbocycles. The summed E-state index contributed by atoms with van der Waals surface area (Å²) >= 11 is 0. The van der Waals surface area contributed by atoms with Crippen LogP contribution in [0, 0.1) is 5.41 Å². The van der Waals surface area contributed by atoms with Crippen LogP contribution in [0.2, 0.25) is 0 Å². The maximum atomic E-state index is 5.82. The predicted molar refractivity (Wildman–Crippen MR) is 93.2 cm³/mol. The highest BCUT2D eigenvalue weighted by Crippen LogP contribution is 2.36. The van der Waals surface area contributed by atoms with Crippen LogP contribution in [0.15, 0.2) is 24.3 Å². The first-order chi connectivity index (χ1) is 9.74. The van der Waals surface area contributed by atoms with Crippen molar-refractivity contribution in [2.45, 2.75) is 79.1 Å². The third kappa shape index (κ3) is 7.02. The second kappa shape index (κ2) is 7.87. The van der Waals surface area contributed by atoms with Gasteiger partial charge in [0.25, 0.3) is 0 Å². The van der Waals surface area contributed by atoms with E-state index in [2.05, 4.69) is 65.8 Å². The van der Waals surface area contributed by atoms with Gasteiger partial charge in [0.2, 0.25) is 0 Å². The summed E-state index contributed by atoms with van der Waals surface area (Å²) in [5.74, 6) is 1.00. The topological polar surface area (TPSA) is 9.23 Å². The van der Waals surface area contributed by atoms with Gasteiger partial charge in [0.1, 0.15) is 5.75 Å². The minimum absolute atomic E-state index is 0.206. The van der Waals surface area contributed by atoms with E-state index >= 15 is 0 Å². The molecule has 0 N–H and O–H groups in total. The van der Waals surface area contributed by atoms with E-state index in [-0.39, 0.29) is 5.41 Å². The van der Waals surface area contributed by atoms with Crippen molar-refractivity contribution in [1.29, 1.82) is 0 Å². The normalized spacial score (nSPS) is 12.5. The summed E-state index contributed by atoms with van der Waals surface area (Å²) in [5, 5.41) is 0. The molecule has 1 heteroatoms. The Morgan fingerprint density at radius 2 is 1.48 bits per heavy atom. The fourth-order valence-electron chi connectivity index (χ4n) is 3.15. The Balaban J connectivity index is 2.53. The number of ether oxygens (including phenoxy) is 1. The monoisotopic (exact) mass is 290 g/mol. The molecule has 0 aromatic heterocycles. The van der Waals surface area contributed by atoms with Crippen molar-refractivity contribution in [3.05, 3.63) is 29.8 Å². The van der Waals surface area contributed by atoms with Crippen molar-refractivity contribution in [3.63, 3.8) is 0 Å². The lowest BCUT2D eigenvalue weighted by Crippen LogP contribution is -2.24. The SMILES string of the molecule is CCCCCCOc1ccc(C(C)(C)CC(C)(C)C)cc1. The molecule has 0 radical (unpaired) electrons. The van der Waals surface area contributed by atoms with Crippen LogP contribution in [0.4, 0.5) is 0 Å². The zero-order chi connectivity index (χ0) is 15.9. The van der Waals surface area contributed by atoms with Crippen molar-refractivity contribution in [3.8, 4) is 5.75 Å². The van der Waals surface area contributed by atoms with Crippen molar-refractivity contribution < 1.29 is 4.74 Å². The summed E-state index contributed by atoms with van der Waals surface area (Å²) in [4.78, 5) is 0. The van der Waals surface area contributed by atoms with Gasteiger partial charge >= 0.3 is 0 Å². The number of unbranched alkanes of at least 4 members (excludes halogenated alkanes) is 3. The van der Waals surface area contributed by atoms with Gasteiger partial charge < -0.3 is 4.74 Å². The highest BCUT2D eigenvalue weighted by Gasteiger charge is 2.27. The Labute approximate surface area is 132 Å². The van der Waals surface area contributed by atoms with Crippen LogP contribution < -0.4 is 4.74 Å². The van der Waals surface area contributed by atoms with E-state index < -0.39 is 0 Å². The molecule has 0 amide bonds. The van der Waals surface area contributed by atoms with Gasteiger partial charge in [-0.25, -0.2) is 0 Å². The number of rotatable bonds is 8. The van der Waals surface area contributed by atoms with Crippen LogP contribution in [-0.2, 0) is 5.41 Å². The van der Waals surface area contributed by atoms with E-state index in [1.165, 1.54) is 31.2 Å². The first-order valence-electron chi connectivity index (χ1n) is 8.48. The van der Waals surface area contributed by atoms with Gasteiger partial charge in [-0.15, -0.1) is 0 Å². The lowest BCUT2D eigenvalue weighted by atomic mass is 9.72. The Hall–Kier alpha value is -0.980. The maximum absolute atomic E-state index is 5.82. The lowest BCUT2D eigenvalue weighted by Gasteiger charge is -2.33. The second-order valence-electron chi connectivity index (χ2n) is 8.05. The zero-order valence-corrected chi connectivity index (χ0v) is 15.0. The molecule has 1 nitrogen and oxygen atoms in total. The van der Waals surface area contributed by atoms with Crippen molar-refractivity contribution in [1.82, 2.24) is 0 Å². The first-order valence-corrected chi connectivity index (χ1v) is 8.48. The molecule has 0 bridgehead atoms. The summed E-state index contributed by atoms with van der Waals surface area (Å²) in [6.07, 6.45) is 6.19. The van der Waals surface area contributed by atoms with Crippen LogP contribution in [0.5, 0.6) is 5.75 Å². The molecular formula is C20H34O. The average Bonchev–Trinajstić information content (AvgIpc) is 2.36. The molecule has 0 fully saturated rings. The van der Waals surface area contributed by atoms with E-state index in [9.17, 15) is 0 Å². The Bertz CT molecular complexity index is 395. The third-order valence-electron chi connectivity index (χ3n) is 3.87. The number of hydrogen-bond acceptors (Lipinski definition) is 1. The van der Waals surface area contributed by atoms with Crippen LogP contribution in [0.25, 0.3) is 0 Å². The van der Waals surface area contributed by atoms with Gasteiger partial charge in [0, 0.05) is 0 Å². The Kier molecular flexibility index (Phi) is 6.77. The second-order valence-corrected chi connectivity index (χ2v) is 8.05. The molecular weight excluding hydrogens is 256 g/mol. The summed E-state index contributed by atoms with van der Waals surface area (Å²) in [5.41, 5.74) is 1.95. The van der Waals surface area contributed by atoms with Gasteiger partial charge in [0.15, 0.2) is 0 Å². The van der Waals surface area contributed by atoms with Crippen LogP contribution in [-0.4, -0.2) is 6.61 Å². The molecule has 0 atom stereocenters. The molecule has 0 aliphatic rings. The highest BCUT2D eigenvalue weighted by atomic mass is 16.5. The standard InChI is InChI=1S/C20H34O/c1-7-8-9-10-15-21-18-13-11-17(12-14-18)20(5,6)16-19(2,3)4/h11-14H,7-10,15-16H2,1-6H3. The quantitative estimate of drug-likeness (QED) is 0.506. The highest BCUT2D eigenvalue weighted by molar-refractivity contribution is 5.31. The van der Waals surface area contributed by atoms with Gasteiger partial charge in [0.05, 0.1) is 6.61 Å². The molecule has 0 saturated carbocycles. The Morgan fingerprint density at radius 1 is 0.857 bits per heavy atom. The molecule has 1 rings (SSSR count). The fraction of sp³-hybridized carbons (Fsp3) is 0.700. The van der Waals surface area contributed by atoms with Crippen LogP contribution >= 0.6 is 0 Å². The van der Waals surface area contributed by atoms with Crippen molar-refractivity contribution >= 4 is 0 Å². The average molecular weight is 290 g/mol. The van der Waals surface area contributed by atoms with Gasteiger partial charge in [-0.3, -0.25) is 0 Å². The molecule has 21 heavy (non-hydrogen) atoms. The van der Waals surface area contributed by atoms with Gasteiger partial charge in [-0.05, 0) is 41.4 Å². The summed E-state index contributed by atoms with van der Waals surface area (Å²) in [7, 11) is 0. The number of hydrogen-bond donors (Lipinski definition) is 0. The van der Waals surface area contributed by atoms with Crippen LogP contribution in [0.3, 0.4) is 0 Å². The van der Waals surface area contributed by atoms with Crippen molar-refractivity contribution in [2.24, 2.45) is 5.41 Å². The van der Waals surface area contributed by atoms with E-state index in [0.29, 0.717) is 5.41 Å². The molecule has 120 valence electrons. The van der Waals surface area contributed by atoms with Gasteiger partial charge in [-0.1, -0.05) is 72.9 Å². The largest absolute Gasteiger partial charge is 0.494 e. The number of benzene rings is 1. The molecule has 0 saturated heterocycles. The molecule has 0 spiro atoms. The van der Waals surface area contributed by atoms with E-state index in [4.69, 9.17) is 4.74 Å². The minimum atomic E-state index is 0.206. The zero-order valence-electron chi connectivity index (χ0n) is 15.0. The summed E-state index contributed by atoms with van der Waals surface area (Å²) in [6.45, 7) is 14.7. The predicted octanol–water partition coefficient (Wildman–Crippen LogP) is 6.36. The third-order valence-corrected chi connectivity index (χ3v) is 3.87. The fourth-order valence-corrected chi connectivity index (χ4v) is 3.15. The van der Waals surface area contributed by atoms with Crippen molar-refractivity contribution in [2.75, 3.05) is 6.61 Å². The Morgan fingerprint density at radius 3 is 2.00 bits per heavy atom. The minimum Gasteiger partial charge on any atom is -0.494 e. The summed E-state index contributed by atoms with van der Waals surface area (Å²) < 4.78 is 5.82. The smallest absolute Gasteiger partial charge is 0.119 e. The van der Waals surface area contributed by atoms with E-state index in [1.54, 1.807) is 0 Å². The molecule has 0 heterocycles. The molecule has 1 aromatic rings. The first kappa shape index (κ1) is 18.1. The van der Waals surface area contributed by atoms with E-state index in [1.807, 2.05) is 0 Å². The molecule has 0 unspecified atom stereocenters. The molecule has 1 aromatic carbocycles. The van der Waals surface area contributed by atoms with E-state index in [0.717, 1.165) is 18.8 Å². The summed E-state index contributed by atoms with van der Waals surface area (Å²) in [6, 6.07) is 8.71.